The molecule has 0 atom stereocenters. The average Bonchev–Trinajstić information content (AvgIpc) is 3.72. The number of benzene rings is 1. The monoisotopic (exact) mass is 583 g/mol. The number of amides is 2. The fraction of sp³-hybridized carbons (Fsp3) is 0.480. The molecule has 3 saturated heterocycles. The first-order valence-corrected chi connectivity index (χ1v) is 14.6. The number of urea groups is 1. The van der Waals surface area contributed by atoms with Gasteiger partial charge in [0.25, 0.3) is 0 Å². The van der Waals surface area contributed by atoms with Gasteiger partial charge < -0.3 is 19.6 Å². The van der Waals surface area contributed by atoms with Crippen LogP contribution >= 0.6 is 27.3 Å². The van der Waals surface area contributed by atoms with Crippen LogP contribution in [0, 0.1) is 0 Å². The van der Waals surface area contributed by atoms with E-state index in [4.69, 9.17) is 15.0 Å². The van der Waals surface area contributed by atoms with Crippen LogP contribution in [0.1, 0.15) is 25.7 Å². The number of carbonyl (C=O) groups is 1. The number of rotatable bonds is 5. The zero-order valence-corrected chi connectivity index (χ0v) is 23.0. The molecule has 37 heavy (non-hydrogen) atoms. The fourth-order valence-electron chi connectivity index (χ4n) is 4.99. The zero-order valence-electron chi connectivity index (χ0n) is 20.6. The van der Waals surface area contributed by atoms with Crippen LogP contribution in [0.15, 0.2) is 34.1 Å². The van der Waals surface area contributed by atoms with Crippen LogP contribution in [-0.2, 0) is 0 Å². The Hall–Kier alpha value is -2.99. The molecule has 3 aromatic rings. The molecule has 3 aliphatic rings. The van der Waals surface area contributed by atoms with Crippen molar-refractivity contribution in [1.29, 1.82) is 0 Å². The first-order chi connectivity index (χ1) is 18.1. The van der Waals surface area contributed by atoms with E-state index in [1.54, 1.807) is 0 Å². The standard InChI is InChI=1S/C25H30BrN9OS/c26-19-7-5-6-18(16-19)20-17-37-24(27-20)31-25(36)35-14-12-34(13-15-35)23-29-21(32-8-1-2-9-32)28-22(30-23)33-10-3-4-11-33/h5-7,16-17H,1-4,8-15H2,(H,27,31,36). The Morgan fingerprint density at radius 1 is 0.784 bits per heavy atom. The molecule has 12 heteroatoms. The zero-order chi connectivity index (χ0) is 25.2. The van der Waals surface area contributed by atoms with Crippen molar-refractivity contribution in [2.24, 2.45) is 0 Å². The molecule has 0 unspecified atom stereocenters. The van der Waals surface area contributed by atoms with Crippen LogP contribution in [0.4, 0.5) is 27.8 Å². The molecule has 0 aliphatic carbocycles. The van der Waals surface area contributed by atoms with E-state index in [1.165, 1.54) is 37.0 Å². The highest BCUT2D eigenvalue weighted by atomic mass is 79.9. The number of piperazine rings is 1. The average molecular weight is 585 g/mol. The van der Waals surface area contributed by atoms with Crippen LogP contribution in [0.25, 0.3) is 11.3 Å². The molecule has 10 nitrogen and oxygen atoms in total. The summed E-state index contributed by atoms with van der Waals surface area (Å²) in [6.07, 6.45) is 4.71. The van der Waals surface area contributed by atoms with Gasteiger partial charge in [-0.1, -0.05) is 28.1 Å². The van der Waals surface area contributed by atoms with Crippen molar-refractivity contribution >= 4 is 56.3 Å². The topological polar surface area (TPSA) is 93.6 Å². The lowest BCUT2D eigenvalue weighted by Crippen LogP contribution is -2.50. The predicted molar refractivity (Wildman–Crippen MR) is 151 cm³/mol. The van der Waals surface area contributed by atoms with Gasteiger partial charge in [-0.25, -0.2) is 9.78 Å². The Bertz CT molecular complexity index is 1220. The lowest BCUT2D eigenvalue weighted by molar-refractivity contribution is 0.208. The Balaban J connectivity index is 1.10. The number of nitrogens with zero attached hydrogens (tertiary/aromatic N) is 8. The molecule has 0 bridgehead atoms. The third-order valence-corrected chi connectivity index (χ3v) is 8.32. The Morgan fingerprint density at radius 2 is 1.35 bits per heavy atom. The maximum atomic E-state index is 13.0. The second-order valence-electron chi connectivity index (χ2n) is 9.58. The molecule has 1 aromatic carbocycles. The highest BCUT2D eigenvalue weighted by Gasteiger charge is 2.27. The van der Waals surface area contributed by atoms with Crippen LogP contribution in [0.3, 0.4) is 0 Å². The van der Waals surface area contributed by atoms with E-state index in [1.807, 2.05) is 34.5 Å². The third-order valence-electron chi connectivity index (χ3n) is 7.07. The number of carbonyl (C=O) groups excluding carboxylic acids is 1. The summed E-state index contributed by atoms with van der Waals surface area (Å²) in [4.78, 5) is 40.7. The molecule has 5 heterocycles. The number of hydrogen-bond donors (Lipinski definition) is 1. The van der Waals surface area contributed by atoms with Crippen molar-refractivity contribution in [3.8, 4) is 11.3 Å². The first-order valence-electron chi connectivity index (χ1n) is 12.9. The van der Waals surface area contributed by atoms with Crippen molar-refractivity contribution in [3.05, 3.63) is 34.1 Å². The molecule has 0 saturated carbocycles. The lowest BCUT2D eigenvalue weighted by atomic mass is 10.2. The summed E-state index contributed by atoms with van der Waals surface area (Å²) in [5.41, 5.74) is 1.86. The van der Waals surface area contributed by atoms with E-state index < -0.39 is 0 Å². The summed E-state index contributed by atoms with van der Waals surface area (Å²) in [6, 6.07) is 7.86. The van der Waals surface area contributed by atoms with Crippen molar-refractivity contribution in [2.75, 3.05) is 72.4 Å². The van der Waals surface area contributed by atoms with E-state index in [2.05, 4.69) is 40.9 Å². The maximum absolute atomic E-state index is 13.0. The molecular weight excluding hydrogens is 554 g/mol. The summed E-state index contributed by atoms with van der Waals surface area (Å²) in [7, 11) is 0. The molecule has 3 fully saturated rings. The van der Waals surface area contributed by atoms with Gasteiger partial charge in [0.15, 0.2) is 5.13 Å². The van der Waals surface area contributed by atoms with Gasteiger partial charge in [-0.05, 0) is 37.8 Å². The van der Waals surface area contributed by atoms with Crippen LogP contribution < -0.4 is 20.0 Å². The van der Waals surface area contributed by atoms with Crippen molar-refractivity contribution < 1.29 is 4.79 Å². The summed E-state index contributed by atoms with van der Waals surface area (Å²) in [6.45, 7) is 6.54. The Labute approximate surface area is 228 Å². The van der Waals surface area contributed by atoms with Crippen molar-refractivity contribution in [2.45, 2.75) is 25.7 Å². The van der Waals surface area contributed by atoms with Crippen LogP contribution in [0.2, 0.25) is 0 Å². The fourth-order valence-corrected chi connectivity index (χ4v) is 6.10. The molecule has 0 spiro atoms. The minimum atomic E-state index is -0.124. The van der Waals surface area contributed by atoms with Crippen molar-refractivity contribution in [1.82, 2.24) is 24.8 Å². The first kappa shape index (κ1) is 24.4. The minimum Gasteiger partial charge on any atom is -0.341 e. The predicted octanol–water partition coefficient (Wildman–Crippen LogP) is 4.31. The molecule has 194 valence electrons. The van der Waals surface area contributed by atoms with Gasteiger partial charge in [0.05, 0.1) is 5.69 Å². The van der Waals surface area contributed by atoms with Gasteiger partial charge in [0.1, 0.15) is 0 Å². The second kappa shape index (κ2) is 10.8. The summed E-state index contributed by atoms with van der Waals surface area (Å²) >= 11 is 4.94. The maximum Gasteiger partial charge on any atom is 0.323 e. The van der Waals surface area contributed by atoms with Gasteiger partial charge in [-0.3, -0.25) is 5.32 Å². The molecule has 3 aliphatic heterocycles. The quantitative estimate of drug-likeness (QED) is 0.475. The summed E-state index contributed by atoms with van der Waals surface area (Å²) < 4.78 is 1.000. The number of halogens is 1. The highest BCUT2D eigenvalue weighted by Crippen LogP contribution is 2.28. The smallest absolute Gasteiger partial charge is 0.323 e. The lowest BCUT2D eigenvalue weighted by Gasteiger charge is -2.35. The van der Waals surface area contributed by atoms with E-state index in [0.29, 0.717) is 31.3 Å². The van der Waals surface area contributed by atoms with Crippen LogP contribution in [-0.4, -0.2) is 83.2 Å². The SMILES string of the molecule is O=C(Nc1nc(-c2cccc(Br)c2)cs1)N1CCN(c2nc(N3CCCC3)nc(N3CCCC3)n2)CC1. The van der Waals surface area contributed by atoms with E-state index >= 15 is 0 Å². The second-order valence-corrected chi connectivity index (χ2v) is 11.3. The molecule has 1 N–H and O–H groups in total. The van der Waals surface area contributed by atoms with Gasteiger partial charge in [0, 0.05) is 67.8 Å². The number of anilines is 4. The van der Waals surface area contributed by atoms with E-state index in [9.17, 15) is 4.79 Å². The number of aromatic nitrogens is 4. The van der Waals surface area contributed by atoms with Gasteiger partial charge in [0.2, 0.25) is 17.8 Å². The molecule has 0 radical (unpaired) electrons. The molecule has 6 rings (SSSR count). The Kier molecular flexibility index (Phi) is 7.10. The van der Waals surface area contributed by atoms with Crippen molar-refractivity contribution in [3.63, 3.8) is 0 Å². The molecular formula is C25H30BrN9OS. The Morgan fingerprint density at radius 3 is 1.92 bits per heavy atom. The highest BCUT2D eigenvalue weighted by molar-refractivity contribution is 9.10. The largest absolute Gasteiger partial charge is 0.341 e. The van der Waals surface area contributed by atoms with Gasteiger partial charge >= 0.3 is 6.03 Å². The minimum absolute atomic E-state index is 0.124. The normalized spacial score (nSPS) is 18.1. The molecule has 2 aromatic heterocycles. The van der Waals surface area contributed by atoms with E-state index in [0.717, 1.165) is 59.8 Å². The summed E-state index contributed by atoms with van der Waals surface area (Å²) in [5.74, 6) is 2.29. The number of hydrogen-bond acceptors (Lipinski definition) is 9. The van der Waals surface area contributed by atoms with E-state index in [-0.39, 0.29) is 6.03 Å². The number of nitrogens with one attached hydrogen (secondary N) is 1. The van der Waals surface area contributed by atoms with Gasteiger partial charge in [-0.15, -0.1) is 11.3 Å². The van der Waals surface area contributed by atoms with Gasteiger partial charge in [-0.2, -0.15) is 15.0 Å². The summed E-state index contributed by atoms with van der Waals surface area (Å²) in [5, 5.41) is 5.54. The molecule has 2 amide bonds. The third kappa shape index (κ3) is 5.49. The van der Waals surface area contributed by atoms with Crippen LogP contribution in [0.5, 0.6) is 0 Å². The number of thiazole rings is 1.